The first-order valence-corrected chi connectivity index (χ1v) is 37.6. The number of aliphatic hydroxyl groups is 1. The number of aromatic nitrogens is 6. The van der Waals surface area contributed by atoms with E-state index in [1.807, 2.05) is 130 Å². The van der Waals surface area contributed by atoms with E-state index in [0.29, 0.717) is 83.8 Å². The van der Waals surface area contributed by atoms with Crippen molar-refractivity contribution in [3.05, 3.63) is 298 Å². The van der Waals surface area contributed by atoms with Crippen LogP contribution >= 0.6 is 0 Å². The monoisotopic (exact) mass is 1540 g/mol. The van der Waals surface area contributed by atoms with Gasteiger partial charge in [0.25, 0.3) is 23.5 Å². The predicted octanol–water partition coefficient (Wildman–Crippen LogP) is 14.3. The van der Waals surface area contributed by atoms with Gasteiger partial charge in [-0.15, -0.1) is 4.98 Å². The van der Waals surface area contributed by atoms with Crippen molar-refractivity contribution < 1.29 is 50.8 Å². The van der Waals surface area contributed by atoms with Crippen molar-refractivity contribution in [1.82, 2.24) is 44.6 Å². The van der Waals surface area contributed by atoms with E-state index in [0.717, 1.165) is 85.1 Å². The number of carbonyl (C=O) groups is 5. The topological polar surface area (TPSA) is 206 Å². The Kier molecular flexibility index (Phi) is 35.2. The number of ether oxygens (including phenoxy) is 1. The molecule has 0 radical (unpaired) electrons. The van der Waals surface area contributed by atoms with Crippen LogP contribution in [-0.2, 0) is 43.6 Å². The average Bonchev–Trinajstić information content (AvgIpc) is 1.79. The van der Waals surface area contributed by atoms with Crippen LogP contribution in [0.4, 0.5) is 5.82 Å². The molecule has 1 saturated heterocycles. The van der Waals surface area contributed by atoms with Crippen molar-refractivity contribution in [2.24, 2.45) is 35.5 Å². The summed E-state index contributed by atoms with van der Waals surface area (Å²) >= 11 is 0. The van der Waals surface area contributed by atoms with Gasteiger partial charge < -0.3 is 53.8 Å². The number of ketones is 2. The fraction of sp³-hybridized carbons (Fsp3) is 0.389. The van der Waals surface area contributed by atoms with Gasteiger partial charge in [0.1, 0.15) is 17.6 Å². The minimum atomic E-state index is -0.561. The number of aliphatic hydroxyl groups excluding tert-OH is 1. The van der Waals surface area contributed by atoms with Gasteiger partial charge in [0, 0.05) is 134 Å². The number of nitrogens with zero attached hydrogens (tertiary/aromatic N) is 10. The molecule has 0 bridgehead atoms. The van der Waals surface area contributed by atoms with Gasteiger partial charge in [-0.1, -0.05) is 93.2 Å². The summed E-state index contributed by atoms with van der Waals surface area (Å²) in [5, 5.41) is 10.8. The number of rotatable bonds is 23. The number of halogens is 1. The number of pyridine rings is 6. The smallest absolute Gasteiger partial charge is 1.00 e. The van der Waals surface area contributed by atoms with Crippen LogP contribution < -0.4 is 17.0 Å². The maximum atomic E-state index is 12.8. The first-order valence-electron chi connectivity index (χ1n) is 37.6. The zero-order chi connectivity index (χ0) is 74.9. The predicted molar refractivity (Wildman–Crippen MR) is 426 cm³/mol. The average molecular weight is 1540 g/mol. The molecule has 7 heterocycles. The van der Waals surface area contributed by atoms with Crippen LogP contribution in [0.5, 0.6) is 0 Å². The Balaban J connectivity index is 0.000000217. The van der Waals surface area contributed by atoms with E-state index in [9.17, 15) is 29.1 Å². The fourth-order valence-corrected chi connectivity index (χ4v) is 15.3. The third-order valence-electron chi connectivity index (χ3n) is 21.6. The van der Waals surface area contributed by atoms with Crippen molar-refractivity contribution in [1.29, 1.82) is 0 Å². The summed E-state index contributed by atoms with van der Waals surface area (Å²) in [7, 11) is 5.45. The molecular formula is C90H105BrMgN10O7. The molecule has 3 aliphatic carbocycles. The van der Waals surface area contributed by atoms with Gasteiger partial charge in [-0.3, -0.25) is 48.9 Å². The molecule has 0 spiro atoms. The van der Waals surface area contributed by atoms with Crippen LogP contribution in [0, 0.1) is 49.5 Å². The SMILES string of the molecule is C1CCOC1.CC(=O)c1ccc([C@@H](C)[C@H]2CCC(Cc3ccc(C(=O)N(C)Cc4cccnc4)cc3)C2)cn1.CC(=O)c1ccc([C@@H](O)[C@H]2CCC(Cc3ccc(C(=O)N(C)Cc4cccnc4)cc3)C2)cn1.[Br-].[C-]#[N+]c1ccc([C@@H](C)[C@H]2CCC(Cc3ccc(C(=O)N(C)Cc4cccnc4)cc3)C2)cn1.[CH3-].[Mg+2]. The van der Waals surface area contributed by atoms with Crippen molar-refractivity contribution in [2.75, 3.05) is 34.4 Å². The van der Waals surface area contributed by atoms with Crippen molar-refractivity contribution in [2.45, 2.75) is 155 Å². The number of carbonyl (C=O) groups excluding carboxylic acids is 5. The normalized spacial score (nSPS) is 18.2. The molecule has 13 rings (SSSR count). The van der Waals surface area contributed by atoms with Crippen LogP contribution in [-0.4, -0.2) is 136 Å². The molecule has 4 aliphatic rings. The van der Waals surface area contributed by atoms with E-state index < -0.39 is 6.10 Å². The van der Waals surface area contributed by atoms with E-state index in [4.69, 9.17) is 11.3 Å². The van der Waals surface area contributed by atoms with E-state index in [1.54, 1.807) is 78.1 Å². The Labute approximate surface area is 672 Å². The van der Waals surface area contributed by atoms with Crippen molar-refractivity contribution >= 4 is 58.2 Å². The molecule has 4 fully saturated rings. The van der Waals surface area contributed by atoms with Crippen molar-refractivity contribution in [3.8, 4) is 0 Å². The number of hydrogen-bond acceptors (Lipinski definition) is 13. The number of amides is 3. The molecule has 3 aromatic carbocycles. The quantitative estimate of drug-likeness (QED) is 0.0360. The minimum absolute atomic E-state index is 0. The molecule has 3 saturated carbocycles. The van der Waals surface area contributed by atoms with Crippen LogP contribution in [0.1, 0.15) is 218 Å². The first-order chi connectivity index (χ1) is 51.3. The van der Waals surface area contributed by atoms with E-state index in [2.05, 4.69) is 85.0 Å². The molecule has 3 amide bonds. The first kappa shape index (κ1) is 87.2. The van der Waals surface area contributed by atoms with E-state index >= 15 is 0 Å². The Hall–Kier alpha value is -9.03. The Morgan fingerprint density at radius 3 is 1.09 bits per heavy atom. The van der Waals surface area contributed by atoms with Gasteiger partial charge >= 0.3 is 23.1 Å². The number of hydrogen-bond donors (Lipinski definition) is 1. The molecule has 9 atom stereocenters. The van der Waals surface area contributed by atoms with Crippen molar-refractivity contribution in [3.63, 3.8) is 0 Å². The Bertz CT molecular complexity index is 4120. The standard InChI is InChI=1S/C29H33N3O2.C28H30N4O.C28H31N3O3.C4H8O.CH3.BrH.Mg/c1-20(27-12-13-28(21(2)33)31-18-27)26-11-8-23(16-26)15-22-6-9-25(10-7-22)29(34)32(3)19-24-5-4-14-30-17-24;1-20(26-12-13-27(29-2)31-18-26)25-11-8-22(16-25)15-21-6-9-24(10-7-21)28(33)32(3)19-23-5-4-14-30-17-23;1-19(32)26-12-11-25(17-30-26)27(33)24-10-7-21(15-24)14-20-5-8-23(9-6-20)28(34)31(2)18-22-4-3-13-29-16-22;1-2-4-5-3-1;;;/h4-7,9-10,12-14,17-18,20,23,26H,8,11,15-16,19H2,1-3H3;4-7,9-10,12-14,17-18,20,22,25H,8,11,15-16,19H2,1,3H3;3-6,8-9,11-13,16-17,21,24,27,33H,7,10,14-15,18H2,1-2H3;1-4H2;1H3;1H;/q;;;;-1;;+2/p-1/t20-,23?,26-;20-,22?,25-;21?,24-,27-;;;;/m000..../s1. The second-order valence-corrected chi connectivity index (χ2v) is 29.6. The molecule has 109 heavy (non-hydrogen) atoms. The summed E-state index contributed by atoms with van der Waals surface area (Å²) in [6.45, 7) is 18.3. The molecule has 1 N–H and O–H groups in total. The molecule has 9 aromatic rings. The maximum absolute atomic E-state index is 12.8. The summed E-state index contributed by atoms with van der Waals surface area (Å²) in [6, 6.07) is 47.0. The molecule has 566 valence electrons. The molecule has 6 aromatic heterocycles. The number of Topliss-reactive ketones (excluding diaryl/α,β-unsaturated/α-hetero) is 2. The van der Waals surface area contributed by atoms with E-state index in [-0.39, 0.29) is 82.7 Å². The summed E-state index contributed by atoms with van der Waals surface area (Å²) < 4.78 is 4.94. The Morgan fingerprint density at radius 2 is 0.798 bits per heavy atom. The maximum Gasteiger partial charge on any atom is 2.00 e. The van der Waals surface area contributed by atoms with Gasteiger partial charge in [0.05, 0.1) is 6.10 Å². The van der Waals surface area contributed by atoms with Crippen LogP contribution in [0.15, 0.2) is 201 Å². The molecule has 19 heteroatoms. The third kappa shape index (κ3) is 26.1. The summed E-state index contributed by atoms with van der Waals surface area (Å²) in [6.07, 6.45) is 31.2. The van der Waals surface area contributed by atoms with Crippen LogP contribution in [0.3, 0.4) is 0 Å². The van der Waals surface area contributed by atoms with Gasteiger partial charge in [0.2, 0.25) is 0 Å². The minimum Gasteiger partial charge on any atom is -1.00 e. The summed E-state index contributed by atoms with van der Waals surface area (Å²) in [5.41, 5.74) is 13.1. The van der Waals surface area contributed by atoms with Crippen LogP contribution in [0.25, 0.3) is 4.85 Å². The van der Waals surface area contributed by atoms with Gasteiger partial charge in [-0.2, -0.15) is 0 Å². The second kappa shape index (κ2) is 44.0. The van der Waals surface area contributed by atoms with Gasteiger partial charge in [0.15, 0.2) is 11.6 Å². The largest absolute Gasteiger partial charge is 2.00 e. The summed E-state index contributed by atoms with van der Waals surface area (Å²) in [4.78, 5) is 94.9. The molecule has 3 unspecified atom stereocenters. The fourth-order valence-electron chi connectivity index (χ4n) is 15.3. The molecule has 1 aliphatic heterocycles. The number of benzene rings is 3. The van der Waals surface area contributed by atoms with Crippen LogP contribution in [0.2, 0.25) is 0 Å². The third-order valence-corrected chi connectivity index (χ3v) is 21.6. The Morgan fingerprint density at radius 1 is 0.459 bits per heavy atom. The zero-order valence-electron chi connectivity index (χ0n) is 64.6. The molecule has 17 nitrogen and oxygen atoms in total. The second-order valence-electron chi connectivity index (χ2n) is 29.6. The summed E-state index contributed by atoms with van der Waals surface area (Å²) in [5.74, 6) is 4.63. The van der Waals surface area contributed by atoms with Gasteiger partial charge in [-0.05, 0) is 260 Å². The van der Waals surface area contributed by atoms with Gasteiger partial charge in [-0.25, -0.2) is 0 Å². The molecular weight excluding hydrogens is 1440 g/mol. The van der Waals surface area contributed by atoms with E-state index in [1.165, 1.54) is 86.1 Å². The zero-order valence-corrected chi connectivity index (χ0v) is 67.6.